The maximum absolute atomic E-state index is 12.0. The lowest BCUT2D eigenvalue weighted by Crippen LogP contribution is -2.38. The molecule has 1 saturated carbocycles. The fourth-order valence-corrected chi connectivity index (χ4v) is 1.76. The molecule has 0 aromatic carbocycles. The van der Waals surface area contributed by atoms with Gasteiger partial charge in [0, 0.05) is 12.6 Å². The molecule has 0 aliphatic heterocycles. The molecule has 4 heteroatoms. The van der Waals surface area contributed by atoms with Crippen LogP contribution < -0.4 is 0 Å². The third kappa shape index (κ3) is 3.24. The van der Waals surface area contributed by atoms with Crippen molar-refractivity contribution in [2.45, 2.75) is 45.1 Å². The summed E-state index contributed by atoms with van der Waals surface area (Å²) in [4.78, 5) is 13.8. The van der Waals surface area contributed by atoms with Crippen LogP contribution in [-0.2, 0) is 4.79 Å². The SMILES string of the molecule is CCCC(C#N)C(=O)N(CCC#N)C1CC1. The summed E-state index contributed by atoms with van der Waals surface area (Å²) in [6.45, 7) is 2.44. The Morgan fingerprint density at radius 2 is 2.19 bits per heavy atom. The van der Waals surface area contributed by atoms with Crippen molar-refractivity contribution in [3.05, 3.63) is 0 Å². The summed E-state index contributed by atoms with van der Waals surface area (Å²) in [6.07, 6.45) is 3.83. The van der Waals surface area contributed by atoms with Gasteiger partial charge in [0.1, 0.15) is 5.92 Å². The first-order chi connectivity index (χ1) is 7.74. The Bertz CT molecular complexity index is 322. The predicted molar refractivity (Wildman–Crippen MR) is 59.0 cm³/mol. The van der Waals surface area contributed by atoms with Crippen LogP contribution in [0.4, 0.5) is 0 Å². The first-order valence-electron chi connectivity index (χ1n) is 5.81. The summed E-state index contributed by atoms with van der Waals surface area (Å²) in [6, 6.07) is 4.40. The largest absolute Gasteiger partial charge is 0.338 e. The zero-order valence-electron chi connectivity index (χ0n) is 9.65. The minimum Gasteiger partial charge on any atom is -0.338 e. The quantitative estimate of drug-likeness (QED) is 0.684. The third-order valence-electron chi connectivity index (χ3n) is 2.77. The normalized spacial score (nSPS) is 15.9. The van der Waals surface area contributed by atoms with Gasteiger partial charge >= 0.3 is 0 Å². The highest BCUT2D eigenvalue weighted by atomic mass is 16.2. The number of nitriles is 2. The highest BCUT2D eigenvalue weighted by molar-refractivity contribution is 5.81. The molecule has 0 heterocycles. The second-order valence-electron chi connectivity index (χ2n) is 4.14. The van der Waals surface area contributed by atoms with Gasteiger partial charge in [-0.2, -0.15) is 10.5 Å². The number of hydrogen-bond acceptors (Lipinski definition) is 3. The molecule has 0 bridgehead atoms. The Balaban J connectivity index is 2.59. The van der Waals surface area contributed by atoms with Gasteiger partial charge < -0.3 is 4.90 Å². The van der Waals surface area contributed by atoms with Gasteiger partial charge in [-0.15, -0.1) is 0 Å². The lowest BCUT2D eigenvalue weighted by atomic mass is 10.0. The van der Waals surface area contributed by atoms with Crippen LogP contribution in [0, 0.1) is 28.6 Å². The Labute approximate surface area is 96.5 Å². The van der Waals surface area contributed by atoms with Crippen molar-refractivity contribution in [3.63, 3.8) is 0 Å². The molecule has 0 radical (unpaired) electrons. The lowest BCUT2D eigenvalue weighted by Gasteiger charge is -2.23. The molecule has 1 unspecified atom stereocenters. The molecule has 0 aromatic rings. The van der Waals surface area contributed by atoms with E-state index in [0.29, 0.717) is 19.4 Å². The monoisotopic (exact) mass is 219 g/mol. The van der Waals surface area contributed by atoms with E-state index in [-0.39, 0.29) is 11.9 Å². The summed E-state index contributed by atoms with van der Waals surface area (Å²) in [5.74, 6) is -0.605. The number of carbonyl (C=O) groups excluding carboxylic acids is 1. The van der Waals surface area contributed by atoms with Gasteiger partial charge in [0.05, 0.1) is 18.6 Å². The Morgan fingerprint density at radius 1 is 1.50 bits per heavy atom. The molecular formula is C12H17N3O. The molecular weight excluding hydrogens is 202 g/mol. The molecule has 1 rings (SSSR count). The van der Waals surface area contributed by atoms with Crippen LogP contribution in [0.1, 0.15) is 39.0 Å². The number of carbonyl (C=O) groups is 1. The number of amides is 1. The van der Waals surface area contributed by atoms with Crippen LogP contribution >= 0.6 is 0 Å². The van der Waals surface area contributed by atoms with Crippen LogP contribution in [0.15, 0.2) is 0 Å². The van der Waals surface area contributed by atoms with Crippen molar-refractivity contribution < 1.29 is 4.79 Å². The Hall–Kier alpha value is -1.55. The van der Waals surface area contributed by atoms with E-state index in [1.165, 1.54) is 0 Å². The molecule has 0 aromatic heterocycles. The van der Waals surface area contributed by atoms with Crippen LogP contribution in [-0.4, -0.2) is 23.4 Å². The molecule has 1 aliphatic carbocycles. The topological polar surface area (TPSA) is 67.9 Å². The van der Waals surface area contributed by atoms with Gasteiger partial charge in [-0.3, -0.25) is 4.79 Å². The number of hydrogen-bond donors (Lipinski definition) is 0. The van der Waals surface area contributed by atoms with Crippen LogP contribution in [0.25, 0.3) is 0 Å². The van der Waals surface area contributed by atoms with E-state index < -0.39 is 5.92 Å². The molecule has 1 atom stereocenters. The Morgan fingerprint density at radius 3 is 2.62 bits per heavy atom. The molecule has 1 amide bonds. The van der Waals surface area contributed by atoms with Gasteiger partial charge in [-0.25, -0.2) is 0 Å². The smallest absolute Gasteiger partial charge is 0.240 e. The van der Waals surface area contributed by atoms with Crippen molar-refractivity contribution in [2.24, 2.45) is 5.92 Å². The summed E-state index contributed by atoms with van der Waals surface area (Å²) < 4.78 is 0. The summed E-state index contributed by atoms with van der Waals surface area (Å²) >= 11 is 0. The fraction of sp³-hybridized carbons (Fsp3) is 0.750. The van der Waals surface area contributed by atoms with Gasteiger partial charge in [-0.05, 0) is 19.3 Å². The predicted octanol–water partition coefficient (Wildman–Crippen LogP) is 1.83. The van der Waals surface area contributed by atoms with E-state index in [1.54, 1.807) is 4.90 Å². The zero-order valence-corrected chi connectivity index (χ0v) is 9.65. The summed E-state index contributed by atoms with van der Waals surface area (Å²) in [5.41, 5.74) is 0. The first kappa shape index (κ1) is 12.5. The molecule has 0 spiro atoms. The minimum absolute atomic E-state index is 0.0814. The standard InChI is InChI=1S/C12H17N3O/c1-2-4-10(9-14)12(16)15(8-3-7-13)11-5-6-11/h10-11H,2-6,8H2,1H3. The molecule has 0 saturated heterocycles. The molecule has 1 aliphatic rings. The van der Waals surface area contributed by atoms with Crippen LogP contribution in [0.2, 0.25) is 0 Å². The van der Waals surface area contributed by atoms with Crippen LogP contribution in [0.5, 0.6) is 0 Å². The maximum Gasteiger partial charge on any atom is 0.240 e. The van der Waals surface area contributed by atoms with Crippen molar-refractivity contribution in [1.82, 2.24) is 4.90 Å². The molecule has 4 nitrogen and oxygen atoms in total. The Kier molecular flexibility index (Phi) is 4.79. The number of rotatable bonds is 6. The van der Waals surface area contributed by atoms with Crippen molar-refractivity contribution in [2.75, 3.05) is 6.54 Å². The van der Waals surface area contributed by atoms with Crippen LogP contribution in [0.3, 0.4) is 0 Å². The van der Waals surface area contributed by atoms with Gasteiger partial charge in [-0.1, -0.05) is 13.3 Å². The molecule has 0 N–H and O–H groups in total. The molecule has 1 fully saturated rings. The second kappa shape index (κ2) is 6.12. The second-order valence-corrected chi connectivity index (χ2v) is 4.14. The fourth-order valence-electron chi connectivity index (χ4n) is 1.76. The van der Waals surface area contributed by atoms with Gasteiger partial charge in [0.2, 0.25) is 5.91 Å². The van der Waals surface area contributed by atoms with E-state index >= 15 is 0 Å². The lowest BCUT2D eigenvalue weighted by molar-refractivity contribution is -0.134. The van der Waals surface area contributed by atoms with E-state index in [1.807, 2.05) is 13.0 Å². The first-order valence-corrected chi connectivity index (χ1v) is 5.81. The van der Waals surface area contributed by atoms with Gasteiger partial charge in [0.25, 0.3) is 0 Å². The maximum atomic E-state index is 12.0. The van der Waals surface area contributed by atoms with E-state index in [4.69, 9.17) is 10.5 Å². The molecule has 86 valence electrons. The van der Waals surface area contributed by atoms with Crippen molar-refractivity contribution in [1.29, 1.82) is 10.5 Å². The van der Waals surface area contributed by atoms with E-state index in [2.05, 4.69) is 6.07 Å². The summed E-state index contributed by atoms with van der Waals surface area (Å²) in [7, 11) is 0. The zero-order chi connectivity index (χ0) is 12.0. The highest BCUT2D eigenvalue weighted by Gasteiger charge is 2.35. The van der Waals surface area contributed by atoms with E-state index in [9.17, 15) is 4.79 Å². The summed E-state index contributed by atoms with van der Waals surface area (Å²) in [5, 5.41) is 17.5. The minimum atomic E-state index is -0.524. The average molecular weight is 219 g/mol. The van der Waals surface area contributed by atoms with Crippen molar-refractivity contribution >= 4 is 5.91 Å². The van der Waals surface area contributed by atoms with Gasteiger partial charge in [0.15, 0.2) is 0 Å². The average Bonchev–Trinajstić information content (AvgIpc) is 3.10. The van der Waals surface area contributed by atoms with Crippen molar-refractivity contribution in [3.8, 4) is 12.1 Å². The highest BCUT2D eigenvalue weighted by Crippen LogP contribution is 2.28. The van der Waals surface area contributed by atoms with E-state index in [0.717, 1.165) is 19.3 Å². The molecule has 16 heavy (non-hydrogen) atoms. The third-order valence-corrected chi connectivity index (χ3v) is 2.77. The number of nitrogens with zero attached hydrogens (tertiary/aromatic N) is 3.